The first-order valence-electron chi connectivity index (χ1n) is 9.80. The Balaban J connectivity index is 1.35. The van der Waals surface area contributed by atoms with E-state index in [9.17, 15) is 4.79 Å². The van der Waals surface area contributed by atoms with E-state index in [4.69, 9.17) is 5.10 Å². The molecule has 1 saturated carbocycles. The van der Waals surface area contributed by atoms with Gasteiger partial charge in [-0.05, 0) is 56.1 Å². The molecule has 4 rings (SSSR count). The fraction of sp³-hybridized carbons (Fsp3) is 0.700. The number of hydrogen-bond acceptors (Lipinski definition) is 4. The first-order chi connectivity index (χ1) is 12.3. The van der Waals surface area contributed by atoms with Crippen LogP contribution in [0.2, 0.25) is 0 Å². The van der Waals surface area contributed by atoms with E-state index in [-0.39, 0.29) is 5.92 Å². The van der Waals surface area contributed by atoms with E-state index in [1.54, 1.807) is 0 Å². The maximum absolute atomic E-state index is 12.8. The van der Waals surface area contributed by atoms with Crippen molar-refractivity contribution in [3.05, 3.63) is 23.7 Å². The summed E-state index contributed by atoms with van der Waals surface area (Å²) < 4.78 is 1.81. The minimum Gasteiger partial charge on any atom is -0.342 e. The van der Waals surface area contributed by atoms with Crippen LogP contribution in [0.5, 0.6) is 0 Å². The molecule has 140 valence electrons. The zero-order valence-corrected chi connectivity index (χ0v) is 16.3. The molecule has 26 heavy (non-hydrogen) atoms. The normalized spacial score (nSPS) is 24.7. The van der Waals surface area contributed by atoms with Crippen LogP contribution in [0.4, 0.5) is 0 Å². The van der Waals surface area contributed by atoms with E-state index in [2.05, 4.69) is 41.9 Å². The van der Waals surface area contributed by atoms with Gasteiger partial charge in [-0.15, -0.1) is 10.2 Å². The molecule has 1 aliphatic heterocycles. The monoisotopic (exact) mass is 355 g/mol. The first kappa shape index (κ1) is 17.4. The highest BCUT2D eigenvalue weighted by Gasteiger charge is 2.42. The van der Waals surface area contributed by atoms with Crippen LogP contribution in [0, 0.1) is 24.2 Å². The van der Waals surface area contributed by atoms with Crippen molar-refractivity contribution in [1.82, 2.24) is 24.7 Å². The fourth-order valence-corrected chi connectivity index (χ4v) is 4.31. The Labute approximate surface area is 155 Å². The van der Waals surface area contributed by atoms with Crippen LogP contribution in [0.1, 0.15) is 63.9 Å². The summed E-state index contributed by atoms with van der Waals surface area (Å²) >= 11 is 0. The lowest BCUT2D eigenvalue weighted by molar-refractivity contribution is -0.142. The molecular formula is C20H29N5O. The standard InChI is InChI=1S/C20H29N5O/c1-13-21-22-18-6-5-17(23-25(13)18)14-7-9-24(10-8-14)19(26)15-11-16(12-15)20(2,3)4/h5-6,14-16H,7-12H2,1-4H3. The summed E-state index contributed by atoms with van der Waals surface area (Å²) in [5, 5.41) is 12.9. The van der Waals surface area contributed by atoms with Crippen molar-refractivity contribution in [2.24, 2.45) is 17.3 Å². The molecule has 6 heteroatoms. The third kappa shape index (κ3) is 3.10. The number of nitrogens with zero attached hydrogens (tertiary/aromatic N) is 5. The van der Waals surface area contributed by atoms with Crippen molar-refractivity contribution in [2.75, 3.05) is 13.1 Å². The number of amides is 1. The van der Waals surface area contributed by atoms with E-state index in [0.717, 1.165) is 55.9 Å². The average molecular weight is 355 g/mol. The third-order valence-corrected chi connectivity index (χ3v) is 6.38. The van der Waals surface area contributed by atoms with Crippen LogP contribution >= 0.6 is 0 Å². The van der Waals surface area contributed by atoms with Gasteiger partial charge >= 0.3 is 0 Å². The maximum Gasteiger partial charge on any atom is 0.225 e. The molecule has 2 aliphatic rings. The number of piperidine rings is 1. The summed E-state index contributed by atoms with van der Waals surface area (Å²) in [4.78, 5) is 14.9. The smallest absolute Gasteiger partial charge is 0.225 e. The molecule has 2 aromatic heterocycles. The Morgan fingerprint density at radius 2 is 1.81 bits per heavy atom. The fourth-order valence-electron chi connectivity index (χ4n) is 4.31. The van der Waals surface area contributed by atoms with Crippen LogP contribution < -0.4 is 0 Å². The Hall–Kier alpha value is -1.98. The lowest BCUT2D eigenvalue weighted by atomic mass is 9.62. The second kappa shape index (κ2) is 6.32. The van der Waals surface area contributed by atoms with Crippen LogP contribution in [-0.2, 0) is 4.79 Å². The molecule has 0 bridgehead atoms. The molecule has 1 aliphatic carbocycles. The summed E-state index contributed by atoms with van der Waals surface area (Å²) in [6.45, 7) is 10.5. The summed E-state index contributed by atoms with van der Waals surface area (Å²) in [5.74, 6) is 2.55. The highest BCUT2D eigenvalue weighted by molar-refractivity contribution is 5.79. The molecule has 0 unspecified atom stereocenters. The number of likely N-dealkylation sites (tertiary alicyclic amines) is 1. The molecule has 3 heterocycles. The molecule has 0 radical (unpaired) electrons. The number of hydrogen-bond donors (Lipinski definition) is 0. The number of aromatic nitrogens is 4. The van der Waals surface area contributed by atoms with E-state index < -0.39 is 0 Å². The second-order valence-corrected chi connectivity index (χ2v) is 9.11. The molecule has 6 nitrogen and oxygen atoms in total. The van der Waals surface area contributed by atoms with Crippen molar-refractivity contribution >= 4 is 11.6 Å². The van der Waals surface area contributed by atoms with Gasteiger partial charge in [0, 0.05) is 24.9 Å². The number of rotatable bonds is 2. The van der Waals surface area contributed by atoms with Crippen LogP contribution in [0.25, 0.3) is 5.65 Å². The molecule has 0 atom stereocenters. The van der Waals surface area contributed by atoms with Gasteiger partial charge in [0.15, 0.2) is 11.5 Å². The summed E-state index contributed by atoms with van der Waals surface area (Å²) in [6.07, 6.45) is 4.10. The van der Waals surface area contributed by atoms with Crippen LogP contribution in [0.15, 0.2) is 12.1 Å². The second-order valence-electron chi connectivity index (χ2n) is 9.11. The lowest BCUT2D eigenvalue weighted by Crippen LogP contribution is -2.47. The maximum atomic E-state index is 12.8. The van der Waals surface area contributed by atoms with Crippen molar-refractivity contribution in [3.63, 3.8) is 0 Å². The van der Waals surface area contributed by atoms with E-state index in [0.29, 0.717) is 23.2 Å². The highest BCUT2D eigenvalue weighted by Crippen LogP contribution is 2.46. The minimum absolute atomic E-state index is 0.255. The quantitative estimate of drug-likeness (QED) is 0.830. The topological polar surface area (TPSA) is 63.4 Å². The van der Waals surface area contributed by atoms with Crippen molar-refractivity contribution in [3.8, 4) is 0 Å². The SMILES string of the molecule is Cc1nnc2ccc(C3CCN(C(=O)C4CC(C(C)(C)C)C4)CC3)nn12. The van der Waals surface area contributed by atoms with Crippen molar-refractivity contribution in [1.29, 1.82) is 0 Å². The molecule has 1 saturated heterocycles. The zero-order chi connectivity index (χ0) is 18.5. The summed E-state index contributed by atoms with van der Waals surface area (Å²) in [5.41, 5.74) is 2.20. The molecule has 2 fully saturated rings. The Morgan fingerprint density at radius 3 is 2.46 bits per heavy atom. The van der Waals surface area contributed by atoms with Gasteiger partial charge in [-0.3, -0.25) is 4.79 Å². The minimum atomic E-state index is 0.255. The van der Waals surface area contributed by atoms with Gasteiger partial charge in [0.25, 0.3) is 0 Å². The van der Waals surface area contributed by atoms with Gasteiger partial charge in [0.1, 0.15) is 0 Å². The Bertz CT molecular complexity index is 807. The Kier molecular flexibility index (Phi) is 4.24. The molecule has 0 aromatic carbocycles. The number of carbonyl (C=O) groups excluding carboxylic acids is 1. The highest BCUT2D eigenvalue weighted by atomic mass is 16.2. The predicted molar refractivity (Wildman–Crippen MR) is 99.7 cm³/mol. The van der Waals surface area contributed by atoms with Crippen molar-refractivity contribution < 1.29 is 4.79 Å². The van der Waals surface area contributed by atoms with Gasteiger partial charge in [-0.2, -0.15) is 9.61 Å². The van der Waals surface area contributed by atoms with E-state index in [1.807, 2.05) is 17.5 Å². The molecular weight excluding hydrogens is 326 g/mol. The Morgan fingerprint density at radius 1 is 1.12 bits per heavy atom. The van der Waals surface area contributed by atoms with Gasteiger partial charge in [0.05, 0.1) is 5.69 Å². The summed E-state index contributed by atoms with van der Waals surface area (Å²) in [7, 11) is 0. The predicted octanol–water partition coefficient (Wildman–Crippen LogP) is 3.21. The number of aryl methyl sites for hydroxylation is 1. The van der Waals surface area contributed by atoms with Gasteiger partial charge in [0.2, 0.25) is 5.91 Å². The first-order valence-corrected chi connectivity index (χ1v) is 9.80. The third-order valence-electron chi connectivity index (χ3n) is 6.38. The average Bonchev–Trinajstić information content (AvgIpc) is 2.93. The van der Waals surface area contributed by atoms with Gasteiger partial charge < -0.3 is 4.90 Å². The van der Waals surface area contributed by atoms with Gasteiger partial charge in [-0.1, -0.05) is 20.8 Å². The van der Waals surface area contributed by atoms with E-state index >= 15 is 0 Å². The molecule has 2 aromatic rings. The number of carbonyl (C=O) groups is 1. The van der Waals surface area contributed by atoms with Crippen LogP contribution in [0.3, 0.4) is 0 Å². The largest absolute Gasteiger partial charge is 0.342 e. The molecule has 0 N–H and O–H groups in total. The zero-order valence-electron chi connectivity index (χ0n) is 16.3. The molecule has 0 spiro atoms. The summed E-state index contributed by atoms with van der Waals surface area (Å²) in [6, 6.07) is 4.05. The van der Waals surface area contributed by atoms with Crippen LogP contribution in [-0.4, -0.2) is 43.7 Å². The molecule has 1 amide bonds. The number of fused-ring (bicyclic) bond motifs is 1. The van der Waals surface area contributed by atoms with E-state index in [1.165, 1.54) is 0 Å². The van der Waals surface area contributed by atoms with Gasteiger partial charge in [-0.25, -0.2) is 0 Å². The lowest BCUT2D eigenvalue weighted by Gasteiger charge is -2.45. The van der Waals surface area contributed by atoms with Crippen molar-refractivity contribution in [2.45, 2.75) is 59.3 Å².